The van der Waals surface area contributed by atoms with Crippen molar-refractivity contribution >= 4 is 10.2 Å². The summed E-state index contributed by atoms with van der Waals surface area (Å²) in [7, 11) is 0.712. The summed E-state index contributed by atoms with van der Waals surface area (Å²) in [4.78, 5) is 2.28. The standard InChI is InChI=1S/C14H30N4O2S/c1-15-9-13-6-4-8-18(12-13)21(19,20)16-10-14-5-3-7-17(2)11-14/h13-16H,3-12H2,1-2H3. The number of rotatable bonds is 6. The van der Waals surface area contributed by atoms with E-state index in [1.54, 1.807) is 4.31 Å². The number of hydrogen-bond donors (Lipinski definition) is 2. The number of piperidine rings is 2. The maximum absolute atomic E-state index is 12.4. The van der Waals surface area contributed by atoms with Crippen LogP contribution in [0.25, 0.3) is 0 Å². The first-order valence-electron chi connectivity index (χ1n) is 8.09. The van der Waals surface area contributed by atoms with Gasteiger partial charge in [-0.2, -0.15) is 12.7 Å². The predicted octanol–water partition coefficient (Wildman–Crippen LogP) is 0.0940. The molecule has 0 radical (unpaired) electrons. The van der Waals surface area contributed by atoms with Crippen LogP contribution in [0.1, 0.15) is 25.7 Å². The van der Waals surface area contributed by atoms with Gasteiger partial charge in [0, 0.05) is 26.2 Å². The Morgan fingerprint density at radius 2 is 1.71 bits per heavy atom. The summed E-state index contributed by atoms with van der Waals surface area (Å²) in [6.07, 6.45) is 4.35. The Morgan fingerprint density at radius 1 is 1.05 bits per heavy atom. The van der Waals surface area contributed by atoms with Crippen molar-refractivity contribution in [3.8, 4) is 0 Å². The van der Waals surface area contributed by atoms with Gasteiger partial charge in [-0.15, -0.1) is 0 Å². The summed E-state index contributed by atoms with van der Waals surface area (Å²) in [5.41, 5.74) is 0. The van der Waals surface area contributed by atoms with Crippen molar-refractivity contribution in [1.29, 1.82) is 0 Å². The lowest BCUT2D eigenvalue weighted by Gasteiger charge is -2.33. The minimum Gasteiger partial charge on any atom is -0.319 e. The van der Waals surface area contributed by atoms with E-state index in [0.717, 1.165) is 45.3 Å². The van der Waals surface area contributed by atoms with Crippen molar-refractivity contribution < 1.29 is 8.42 Å². The highest BCUT2D eigenvalue weighted by atomic mass is 32.2. The van der Waals surface area contributed by atoms with E-state index in [-0.39, 0.29) is 0 Å². The highest BCUT2D eigenvalue weighted by Gasteiger charge is 2.29. The zero-order valence-corrected chi connectivity index (χ0v) is 14.2. The largest absolute Gasteiger partial charge is 0.319 e. The molecular formula is C14H30N4O2S. The second-order valence-corrected chi connectivity index (χ2v) is 8.30. The fraction of sp³-hybridized carbons (Fsp3) is 1.00. The first-order valence-corrected chi connectivity index (χ1v) is 9.53. The van der Waals surface area contributed by atoms with Gasteiger partial charge < -0.3 is 10.2 Å². The maximum atomic E-state index is 12.4. The van der Waals surface area contributed by atoms with Gasteiger partial charge in [-0.3, -0.25) is 0 Å². The van der Waals surface area contributed by atoms with Crippen LogP contribution in [0.4, 0.5) is 0 Å². The van der Waals surface area contributed by atoms with Gasteiger partial charge in [-0.1, -0.05) is 0 Å². The molecule has 124 valence electrons. The Hall–Kier alpha value is -0.210. The molecule has 2 aliphatic rings. The van der Waals surface area contributed by atoms with Gasteiger partial charge >= 0.3 is 0 Å². The first-order chi connectivity index (χ1) is 10.0. The monoisotopic (exact) mass is 318 g/mol. The van der Waals surface area contributed by atoms with E-state index in [2.05, 4.69) is 22.0 Å². The molecule has 2 heterocycles. The van der Waals surface area contributed by atoms with Crippen molar-refractivity contribution in [2.45, 2.75) is 25.7 Å². The van der Waals surface area contributed by atoms with Crippen LogP contribution >= 0.6 is 0 Å². The third kappa shape index (κ3) is 5.17. The van der Waals surface area contributed by atoms with Crippen LogP contribution < -0.4 is 10.0 Å². The fourth-order valence-corrected chi connectivity index (χ4v) is 4.86. The predicted molar refractivity (Wildman–Crippen MR) is 85.4 cm³/mol. The smallest absolute Gasteiger partial charge is 0.279 e. The van der Waals surface area contributed by atoms with Gasteiger partial charge in [0.1, 0.15) is 0 Å². The van der Waals surface area contributed by atoms with E-state index in [9.17, 15) is 8.42 Å². The molecule has 0 spiro atoms. The minimum absolute atomic E-state index is 0.432. The Morgan fingerprint density at radius 3 is 2.38 bits per heavy atom. The van der Waals surface area contributed by atoms with Crippen LogP contribution in [0.2, 0.25) is 0 Å². The minimum atomic E-state index is -3.31. The summed E-state index contributed by atoms with van der Waals surface area (Å²) in [5.74, 6) is 0.873. The number of likely N-dealkylation sites (tertiary alicyclic amines) is 1. The molecule has 2 atom stereocenters. The maximum Gasteiger partial charge on any atom is 0.279 e. The van der Waals surface area contributed by atoms with Crippen molar-refractivity contribution in [1.82, 2.24) is 19.2 Å². The second-order valence-electron chi connectivity index (χ2n) is 6.55. The number of nitrogens with one attached hydrogen (secondary N) is 2. The molecule has 0 aromatic rings. The summed E-state index contributed by atoms with van der Waals surface area (Å²) in [6.45, 7) is 4.87. The lowest BCUT2D eigenvalue weighted by Crippen LogP contribution is -2.49. The average molecular weight is 318 g/mol. The van der Waals surface area contributed by atoms with Crippen LogP contribution in [0.15, 0.2) is 0 Å². The second kappa shape index (κ2) is 7.87. The van der Waals surface area contributed by atoms with Crippen LogP contribution in [0, 0.1) is 11.8 Å². The van der Waals surface area contributed by atoms with E-state index in [0.29, 0.717) is 31.5 Å². The molecule has 7 heteroatoms. The van der Waals surface area contributed by atoms with E-state index in [4.69, 9.17) is 0 Å². The molecule has 0 aliphatic carbocycles. The van der Waals surface area contributed by atoms with Gasteiger partial charge in [-0.25, -0.2) is 4.72 Å². The molecule has 0 saturated carbocycles. The SMILES string of the molecule is CNCC1CCCN(S(=O)(=O)NCC2CCCN(C)C2)C1. The molecule has 6 nitrogen and oxygen atoms in total. The molecule has 2 aliphatic heterocycles. The van der Waals surface area contributed by atoms with Gasteiger partial charge in [0.25, 0.3) is 10.2 Å². The molecule has 2 N–H and O–H groups in total. The summed E-state index contributed by atoms with van der Waals surface area (Å²) in [5, 5.41) is 3.15. The van der Waals surface area contributed by atoms with E-state index in [1.807, 2.05) is 7.05 Å². The van der Waals surface area contributed by atoms with E-state index < -0.39 is 10.2 Å². The highest BCUT2D eigenvalue weighted by molar-refractivity contribution is 7.87. The number of nitrogens with zero attached hydrogens (tertiary/aromatic N) is 2. The van der Waals surface area contributed by atoms with E-state index in [1.165, 1.54) is 0 Å². The Bertz CT molecular complexity index is 413. The molecule has 21 heavy (non-hydrogen) atoms. The summed E-state index contributed by atoms with van der Waals surface area (Å²) < 4.78 is 29.3. The summed E-state index contributed by atoms with van der Waals surface area (Å²) in [6, 6.07) is 0. The topological polar surface area (TPSA) is 64.7 Å². The normalized spacial score (nSPS) is 29.6. The lowest BCUT2D eigenvalue weighted by atomic mass is 9.99. The Kier molecular flexibility index (Phi) is 6.43. The molecule has 2 saturated heterocycles. The third-order valence-electron chi connectivity index (χ3n) is 4.59. The van der Waals surface area contributed by atoms with Crippen molar-refractivity contribution in [3.05, 3.63) is 0 Å². The fourth-order valence-electron chi connectivity index (χ4n) is 3.45. The van der Waals surface area contributed by atoms with Gasteiger partial charge in [0.15, 0.2) is 0 Å². The Balaban J connectivity index is 1.83. The molecule has 2 fully saturated rings. The third-order valence-corrected chi connectivity index (χ3v) is 6.13. The van der Waals surface area contributed by atoms with Crippen LogP contribution in [0.3, 0.4) is 0 Å². The molecular weight excluding hydrogens is 288 g/mol. The van der Waals surface area contributed by atoms with Crippen molar-refractivity contribution in [3.63, 3.8) is 0 Å². The molecule has 0 aromatic heterocycles. The highest BCUT2D eigenvalue weighted by Crippen LogP contribution is 2.19. The van der Waals surface area contributed by atoms with Crippen molar-refractivity contribution in [2.24, 2.45) is 11.8 Å². The number of hydrogen-bond acceptors (Lipinski definition) is 4. The average Bonchev–Trinajstić information content (AvgIpc) is 2.46. The quantitative estimate of drug-likeness (QED) is 0.729. The van der Waals surface area contributed by atoms with Gasteiger partial charge in [0.2, 0.25) is 0 Å². The summed E-state index contributed by atoms with van der Waals surface area (Å²) >= 11 is 0. The molecule has 0 aromatic carbocycles. The molecule has 2 rings (SSSR count). The van der Waals surface area contributed by atoms with Crippen LogP contribution in [0.5, 0.6) is 0 Å². The van der Waals surface area contributed by atoms with Crippen LogP contribution in [-0.4, -0.2) is 71.0 Å². The molecule has 0 bridgehead atoms. The lowest BCUT2D eigenvalue weighted by molar-refractivity contribution is 0.209. The van der Waals surface area contributed by atoms with E-state index >= 15 is 0 Å². The zero-order valence-electron chi connectivity index (χ0n) is 13.3. The van der Waals surface area contributed by atoms with Gasteiger partial charge in [0.05, 0.1) is 0 Å². The Labute approximate surface area is 129 Å². The molecule has 2 unspecified atom stereocenters. The molecule has 0 amide bonds. The van der Waals surface area contributed by atoms with Crippen molar-refractivity contribution in [2.75, 3.05) is 53.4 Å². The first kappa shape index (κ1) is 17.1. The van der Waals surface area contributed by atoms with Crippen LogP contribution in [-0.2, 0) is 10.2 Å². The zero-order chi connectivity index (χ0) is 15.3. The van der Waals surface area contributed by atoms with Gasteiger partial charge in [-0.05, 0) is 64.7 Å².